The van der Waals surface area contributed by atoms with Crippen molar-refractivity contribution in [3.05, 3.63) is 64.3 Å². The first-order valence-electron chi connectivity index (χ1n) is 7.25. The Balaban J connectivity index is 1.83. The lowest BCUT2D eigenvalue weighted by molar-refractivity contribution is -0.115. The van der Waals surface area contributed by atoms with E-state index in [0.717, 1.165) is 16.9 Å². The number of carbonyl (C=O) groups excluding carboxylic acids is 1. The summed E-state index contributed by atoms with van der Waals surface area (Å²) in [6, 6.07) is 11.5. The van der Waals surface area contributed by atoms with Crippen LogP contribution in [-0.4, -0.2) is 18.2 Å². The van der Waals surface area contributed by atoms with Crippen molar-refractivity contribution in [3.8, 4) is 5.75 Å². The molecule has 0 aromatic heterocycles. The number of hydrogen-bond donors (Lipinski definition) is 1. The molecule has 2 aromatic carbocycles. The van der Waals surface area contributed by atoms with Gasteiger partial charge in [-0.3, -0.25) is 4.79 Å². The summed E-state index contributed by atoms with van der Waals surface area (Å²) in [5.74, 6) is 0.240. The van der Waals surface area contributed by atoms with Gasteiger partial charge in [-0.05, 0) is 66.2 Å². The number of ether oxygens (including phenoxy) is 1. The average molecular weight is 342 g/mol. The third-order valence-electron chi connectivity index (χ3n) is 3.44. The summed E-state index contributed by atoms with van der Waals surface area (Å²) in [7, 11) is 1.61. The maximum atomic E-state index is 12.9. The normalized spacial score (nSPS) is 17.4. The molecular weight excluding hydrogens is 327 g/mol. The van der Waals surface area contributed by atoms with Crippen LogP contribution in [0.25, 0.3) is 6.08 Å². The van der Waals surface area contributed by atoms with Crippen molar-refractivity contribution in [3.63, 3.8) is 0 Å². The number of halogens is 1. The van der Waals surface area contributed by atoms with Crippen molar-refractivity contribution in [2.75, 3.05) is 7.11 Å². The SMILES string of the molecule is COc1cc(/C=C2\SC(=Nc3ccc(F)cc3)NC2=O)ccc1C. The third kappa shape index (κ3) is 3.65. The molecule has 1 fully saturated rings. The summed E-state index contributed by atoms with van der Waals surface area (Å²) in [4.78, 5) is 16.9. The molecule has 0 bridgehead atoms. The lowest BCUT2D eigenvalue weighted by Gasteiger charge is -2.05. The molecule has 4 nitrogen and oxygen atoms in total. The number of nitrogens with zero attached hydrogens (tertiary/aromatic N) is 1. The number of aliphatic imine (C=N–C) groups is 1. The number of rotatable bonds is 3. The summed E-state index contributed by atoms with van der Waals surface area (Å²) < 4.78 is 18.2. The van der Waals surface area contributed by atoms with Crippen LogP contribution in [0.2, 0.25) is 0 Å². The molecule has 3 rings (SSSR count). The molecule has 1 N–H and O–H groups in total. The lowest BCUT2D eigenvalue weighted by atomic mass is 10.1. The van der Waals surface area contributed by atoms with E-state index < -0.39 is 0 Å². The Morgan fingerprint density at radius 1 is 1.21 bits per heavy atom. The molecular formula is C18H15FN2O2S. The van der Waals surface area contributed by atoms with Crippen LogP contribution in [0.15, 0.2) is 52.4 Å². The summed E-state index contributed by atoms with van der Waals surface area (Å²) >= 11 is 1.25. The van der Waals surface area contributed by atoms with E-state index in [2.05, 4.69) is 10.3 Å². The summed E-state index contributed by atoms with van der Waals surface area (Å²) in [5, 5.41) is 3.18. The fraction of sp³-hybridized carbons (Fsp3) is 0.111. The van der Waals surface area contributed by atoms with Gasteiger partial charge in [-0.2, -0.15) is 0 Å². The van der Waals surface area contributed by atoms with Crippen LogP contribution < -0.4 is 10.1 Å². The highest BCUT2D eigenvalue weighted by atomic mass is 32.2. The predicted molar refractivity (Wildman–Crippen MR) is 94.9 cm³/mol. The van der Waals surface area contributed by atoms with Gasteiger partial charge in [-0.1, -0.05) is 12.1 Å². The van der Waals surface area contributed by atoms with E-state index in [9.17, 15) is 9.18 Å². The molecule has 122 valence electrons. The fourth-order valence-corrected chi connectivity index (χ4v) is 3.03. The van der Waals surface area contributed by atoms with Crippen molar-refractivity contribution >= 4 is 34.6 Å². The summed E-state index contributed by atoms with van der Waals surface area (Å²) in [6.07, 6.45) is 1.79. The molecule has 2 aromatic rings. The van der Waals surface area contributed by atoms with E-state index in [4.69, 9.17) is 4.74 Å². The molecule has 0 atom stereocenters. The summed E-state index contributed by atoms with van der Waals surface area (Å²) in [5.41, 5.74) is 2.48. The fourth-order valence-electron chi connectivity index (χ4n) is 2.19. The highest BCUT2D eigenvalue weighted by Gasteiger charge is 2.23. The van der Waals surface area contributed by atoms with Gasteiger partial charge in [0.25, 0.3) is 5.91 Å². The second-order valence-electron chi connectivity index (χ2n) is 5.19. The minimum Gasteiger partial charge on any atom is -0.496 e. The highest BCUT2D eigenvalue weighted by Crippen LogP contribution is 2.29. The van der Waals surface area contributed by atoms with Crippen molar-refractivity contribution < 1.29 is 13.9 Å². The van der Waals surface area contributed by atoms with Gasteiger partial charge in [0, 0.05) is 0 Å². The van der Waals surface area contributed by atoms with Crippen LogP contribution in [0.3, 0.4) is 0 Å². The number of methoxy groups -OCH3 is 1. The first-order valence-corrected chi connectivity index (χ1v) is 8.06. The average Bonchev–Trinajstić information content (AvgIpc) is 2.91. The van der Waals surface area contributed by atoms with Gasteiger partial charge in [-0.25, -0.2) is 9.38 Å². The molecule has 0 aliphatic carbocycles. The Kier molecular flexibility index (Phi) is 4.66. The van der Waals surface area contributed by atoms with E-state index in [0.29, 0.717) is 15.8 Å². The topological polar surface area (TPSA) is 50.7 Å². The van der Waals surface area contributed by atoms with Gasteiger partial charge in [-0.15, -0.1) is 0 Å². The summed E-state index contributed by atoms with van der Waals surface area (Å²) in [6.45, 7) is 1.96. The molecule has 0 unspecified atom stereocenters. The predicted octanol–water partition coefficient (Wildman–Crippen LogP) is 4.03. The maximum absolute atomic E-state index is 12.9. The molecule has 1 amide bonds. The van der Waals surface area contributed by atoms with Gasteiger partial charge in [0.1, 0.15) is 11.6 Å². The van der Waals surface area contributed by atoms with Crippen LogP contribution in [-0.2, 0) is 4.79 Å². The van der Waals surface area contributed by atoms with Crippen LogP contribution >= 0.6 is 11.8 Å². The number of benzene rings is 2. The maximum Gasteiger partial charge on any atom is 0.264 e. The van der Waals surface area contributed by atoms with E-state index in [-0.39, 0.29) is 11.7 Å². The molecule has 24 heavy (non-hydrogen) atoms. The molecule has 0 spiro atoms. The Bertz CT molecular complexity index is 845. The molecule has 1 saturated heterocycles. The van der Waals surface area contributed by atoms with Crippen LogP contribution in [0, 0.1) is 12.7 Å². The Labute approximate surface area is 143 Å². The van der Waals surface area contributed by atoms with Crippen molar-refractivity contribution in [2.24, 2.45) is 4.99 Å². The van der Waals surface area contributed by atoms with E-state index in [1.807, 2.05) is 25.1 Å². The van der Waals surface area contributed by atoms with Crippen molar-refractivity contribution in [2.45, 2.75) is 6.92 Å². The van der Waals surface area contributed by atoms with E-state index in [1.165, 1.54) is 23.9 Å². The standard InChI is InChI=1S/C18H15FN2O2S/c1-11-3-4-12(9-15(11)23-2)10-16-17(22)21-18(24-16)20-14-7-5-13(19)6-8-14/h3-10H,1-2H3,(H,20,21,22)/b16-10-. The largest absolute Gasteiger partial charge is 0.496 e. The number of amides is 1. The van der Waals surface area contributed by atoms with Crippen LogP contribution in [0.1, 0.15) is 11.1 Å². The molecule has 1 aliphatic rings. The first kappa shape index (κ1) is 16.3. The second kappa shape index (κ2) is 6.88. The zero-order chi connectivity index (χ0) is 17.1. The molecule has 6 heteroatoms. The third-order valence-corrected chi connectivity index (χ3v) is 4.35. The minimum atomic E-state index is -0.323. The Hall–Kier alpha value is -2.60. The van der Waals surface area contributed by atoms with Crippen molar-refractivity contribution in [1.29, 1.82) is 0 Å². The number of carbonyl (C=O) groups is 1. The quantitative estimate of drug-likeness (QED) is 0.857. The van der Waals surface area contributed by atoms with Gasteiger partial charge < -0.3 is 10.1 Å². The molecule has 1 aliphatic heterocycles. The van der Waals surface area contributed by atoms with Crippen LogP contribution in [0.4, 0.5) is 10.1 Å². The number of nitrogens with one attached hydrogen (secondary N) is 1. The zero-order valence-electron chi connectivity index (χ0n) is 13.2. The lowest BCUT2D eigenvalue weighted by Crippen LogP contribution is -2.19. The number of aryl methyl sites for hydroxylation is 1. The smallest absolute Gasteiger partial charge is 0.264 e. The molecule has 0 radical (unpaired) electrons. The van der Waals surface area contributed by atoms with Gasteiger partial charge >= 0.3 is 0 Å². The van der Waals surface area contributed by atoms with Gasteiger partial charge in [0.15, 0.2) is 5.17 Å². The number of thioether (sulfide) groups is 1. The molecule has 1 heterocycles. The van der Waals surface area contributed by atoms with E-state index in [1.54, 1.807) is 25.3 Å². The highest BCUT2D eigenvalue weighted by molar-refractivity contribution is 8.18. The van der Waals surface area contributed by atoms with E-state index >= 15 is 0 Å². The Morgan fingerprint density at radius 3 is 2.67 bits per heavy atom. The van der Waals surface area contributed by atoms with Gasteiger partial charge in [0.2, 0.25) is 0 Å². The minimum absolute atomic E-state index is 0.208. The second-order valence-corrected chi connectivity index (χ2v) is 6.22. The van der Waals surface area contributed by atoms with Gasteiger partial charge in [0.05, 0.1) is 17.7 Å². The molecule has 0 saturated carbocycles. The van der Waals surface area contributed by atoms with Crippen molar-refractivity contribution in [1.82, 2.24) is 5.32 Å². The van der Waals surface area contributed by atoms with Crippen LogP contribution in [0.5, 0.6) is 5.75 Å². The number of amidine groups is 1. The first-order chi connectivity index (χ1) is 11.5. The zero-order valence-corrected chi connectivity index (χ0v) is 14.0. The monoisotopic (exact) mass is 342 g/mol. The Morgan fingerprint density at radius 2 is 1.96 bits per heavy atom. The number of hydrogen-bond acceptors (Lipinski definition) is 4.